The first-order valence-electron chi connectivity index (χ1n) is 9.11. The molecule has 7 nitrogen and oxygen atoms in total. The molecule has 1 N–H and O–H groups in total. The van der Waals surface area contributed by atoms with Crippen LogP contribution in [-0.2, 0) is 13.6 Å². The van der Waals surface area contributed by atoms with Crippen molar-refractivity contribution in [3.63, 3.8) is 0 Å². The predicted octanol–water partition coefficient (Wildman–Crippen LogP) is 3.04. The average molecular weight is 388 g/mol. The zero-order valence-electron chi connectivity index (χ0n) is 16.1. The Balaban J connectivity index is 1.80. The van der Waals surface area contributed by atoms with Crippen molar-refractivity contribution in [1.82, 2.24) is 14.3 Å². The summed E-state index contributed by atoms with van der Waals surface area (Å²) in [6, 6.07) is 14.6. The summed E-state index contributed by atoms with van der Waals surface area (Å²) in [7, 11) is 3.37. The number of fused-ring (bicyclic) bond motifs is 1. The van der Waals surface area contributed by atoms with Gasteiger partial charge in [-0.05, 0) is 12.1 Å². The van der Waals surface area contributed by atoms with E-state index in [9.17, 15) is 9.59 Å². The number of para-hydroxylation sites is 1. The summed E-state index contributed by atoms with van der Waals surface area (Å²) in [4.78, 5) is 26.0. The fourth-order valence-corrected chi connectivity index (χ4v) is 3.34. The Morgan fingerprint density at radius 1 is 1.07 bits per heavy atom. The van der Waals surface area contributed by atoms with E-state index in [1.165, 1.54) is 0 Å². The van der Waals surface area contributed by atoms with Crippen LogP contribution in [0.3, 0.4) is 0 Å². The van der Waals surface area contributed by atoms with E-state index in [1.54, 1.807) is 60.2 Å². The molecule has 0 aliphatic rings. The molecule has 0 aliphatic heterocycles. The second-order valence-corrected chi connectivity index (χ2v) is 6.69. The largest absolute Gasteiger partial charge is 0.496 e. The Bertz CT molecular complexity index is 1260. The minimum absolute atomic E-state index is 0.163. The quantitative estimate of drug-likeness (QED) is 0.570. The Hall–Kier alpha value is -3.87. The van der Waals surface area contributed by atoms with Crippen molar-refractivity contribution in [1.29, 1.82) is 0 Å². The first kappa shape index (κ1) is 18.5. The van der Waals surface area contributed by atoms with Crippen LogP contribution in [0.25, 0.3) is 10.8 Å². The highest BCUT2D eigenvalue weighted by molar-refractivity contribution is 6.12. The van der Waals surface area contributed by atoms with Crippen molar-refractivity contribution in [3.05, 3.63) is 88.6 Å². The molecule has 0 unspecified atom stereocenters. The van der Waals surface area contributed by atoms with Crippen LogP contribution in [0, 0.1) is 0 Å². The molecule has 2 aromatic carbocycles. The minimum atomic E-state index is -0.303. The number of ether oxygens (including phenoxy) is 1. The number of hydrogen-bond acceptors (Lipinski definition) is 4. The molecule has 0 saturated heterocycles. The number of nitrogens with one attached hydrogen (secondary N) is 1. The molecule has 0 aliphatic carbocycles. The van der Waals surface area contributed by atoms with Gasteiger partial charge in [-0.3, -0.25) is 14.3 Å². The number of amides is 1. The Kier molecular flexibility index (Phi) is 4.87. The number of benzene rings is 2. The van der Waals surface area contributed by atoms with Gasteiger partial charge in [0.05, 0.1) is 31.1 Å². The molecule has 0 fully saturated rings. The number of aromatic nitrogens is 3. The number of hydrogen-bond donors (Lipinski definition) is 1. The maximum absolute atomic E-state index is 13.0. The van der Waals surface area contributed by atoms with E-state index >= 15 is 0 Å². The van der Waals surface area contributed by atoms with Gasteiger partial charge in [0, 0.05) is 35.8 Å². The third kappa shape index (κ3) is 3.62. The maximum atomic E-state index is 13.0. The molecule has 0 spiro atoms. The molecule has 4 rings (SSSR count). The molecule has 29 heavy (non-hydrogen) atoms. The highest BCUT2D eigenvalue weighted by atomic mass is 16.5. The lowest BCUT2D eigenvalue weighted by Crippen LogP contribution is -2.24. The predicted molar refractivity (Wildman–Crippen MR) is 111 cm³/mol. The number of pyridine rings is 1. The van der Waals surface area contributed by atoms with E-state index in [1.807, 2.05) is 30.3 Å². The second kappa shape index (κ2) is 7.63. The van der Waals surface area contributed by atoms with Crippen molar-refractivity contribution in [2.24, 2.45) is 7.05 Å². The number of nitrogens with zero attached hydrogens (tertiary/aromatic N) is 3. The van der Waals surface area contributed by atoms with Crippen LogP contribution in [0.1, 0.15) is 15.9 Å². The van der Waals surface area contributed by atoms with Crippen LogP contribution in [0.2, 0.25) is 0 Å². The summed E-state index contributed by atoms with van der Waals surface area (Å²) in [5.41, 5.74) is 1.69. The molecule has 0 saturated carbocycles. The molecule has 0 bridgehead atoms. The van der Waals surface area contributed by atoms with Gasteiger partial charge >= 0.3 is 0 Å². The standard InChI is InChI=1S/C22H20N4O3/c1-25-13-16(11-23-25)24-21(27)19-14-26(12-15-7-3-6-10-20(15)29-2)22(28)18-9-5-4-8-17(18)19/h3-11,13-14H,12H2,1-2H3,(H,24,27). The van der Waals surface area contributed by atoms with Crippen LogP contribution in [0.15, 0.2) is 71.9 Å². The monoisotopic (exact) mass is 388 g/mol. The zero-order chi connectivity index (χ0) is 20.4. The normalized spacial score (nSPS) is 10.8. The molecule has 4 aromatic rings. The van der Waals surface area contributed by atoms with Crippen LogP contribution in [-0.4, -0.2) is 27.4 Å². The van der Waals surface area contributed by atoms with E-state index in [0.717, 1.165) is 5.56 Å². The van der Waals surface area contributed by atoms with Crippen LogP contribution in [0.4, 0.5) is 5.69 Å². The van der Waals surface area contributed by atoms with Gasteiger partial charge in [-0.2, -0.15) is 5.10 Å². The maximum Gasteiger partial charge on any atom is 0.258 e. The van der Waals surface area contributed by atoms with Gasteiger partial charge in [0.15, 0.2) is 0 Å². The van der Waals surface area contributed by atoms with E-state index in [0.29, 0.717) is 34.3 Å². The SMILES string of the molecule is COc1ccccc1Cn1cc(C(=O)Nc2cnn(C)c2)c2ccccc2c1=O. The number of carbonyl (C=O) groups is 1. The summed E-state index contributed by atoms with van der Waals surface area (Å²) in [5, 5.41) is 8.00. The molecular formula is C22H20N4O3. The van der Waals surface area contributed by atoms with Crippen molar-refractivity contribution in [2.75, 3.05) is 12.4 Å². The van der Waals surface area contributed by atoms with Gasteiger partial charge in [-0.25, -0.2) is 0 Å². The number of methoxy groups -OCH3 is 1. The van der Waals surface area contributed by atoms with Gasteiger partial charge in [0.1, 0.15) is 5.75 Å². The van der Waals surface area contributed by atoms with Crippen molar-refractivity contribution in [2.45, 2.75) is 6.54 Å². The van der Waals surface area contributed by atoms with Gasteiger partial charge < -0.3 is 14.6 Å². The Morgan fingerprint density at radius 3 is 2.52 bits per heavy atom. The van der Waals surface area contributed by atoms with Gasteiger partial charge in [-0.1, -0.05) is 36.4 Å². The van der Waals surface area contributed by atoms with Crippen LogP contribution >= 0.6 is 0 Å². The minimum Gasteiger partial charge on any atom is -0.496 e. The molecule has 0 atom stereocenters. The van der Waals surface area contributed by atoms with Crippen molar-refractivity contribution >= 4 is 22.4 Å². The lowest BCUT2D eigenvalue weighted by atomic mass is 10.1. The lowest BCUT2D eigenvalue weighted by Gasteiger charge is -2.14. The molecule has 0 radical (unpaired) electrons. The topological polar surface area (TPSA) is 78.2 Å². The van der Waals surface area contributed by atoms with E-state index < -0.39 is 0 Å². The summed E-state index contributed by atoms with van der Waals surface area (Å²) in [5.74, 6) is 0.386. The van der Waals surface area contributed by atoms with Crippen LogP contribution in [0.5, 0.6) is 5.75 Å². The highest BCUT2D eigenvalue weighted by Gasteiger charge is 2.16. The molecule has 2 aromatic heterocycles. The third-order valence-electron chi connectivity index (χ3n) is 4.73. The lowest BCUT2D eigenvalue weighted by molar-refractivity contribution is 0.102. The fourth-order valence-electron chi connectivity index (χ4n) is 3.34. The number of anilines is 1. The Morgan fingerprint density at radius 2 is 1.79 bits per heavy atom. The average Bonchev–Trinajstić information content (AvgIpc) is 3.15. The number of aryl methyl sites for hydroxylation is 1. The molecule has 146 valence electrons. The summed E-state index contributed by atoms with van der Waals surface area (Å²) < 4.78 is 8.55. The molecular weight excluding hydrogens is 368 g/mol. The molecule has 1 amide bonds. The van der Waals surface area contributed by atoms with Gasteiger partial charge in [-0.15, -0.1) is 0 Å². The summed E-state index contributed by atoms with van der Waals surface area (Å²) in [6.07, 6.45) is 4.89. The smallest absolute Gasteiger partial charge is 0.258 e. The fraction of sp³-hybridized carbons (Fsp3) is 0.136. The van der Waals surface area contributed by atoms with Crippen LogP contribution < -0.4 is 15.6 Å². The molecule has 2 heterocycles. The van der Waals surface area contributed by atoms with Gasteiger partial charge in [0.25, 0.3) is 11.5 Å². The van der Waals surface area contributed by atoms with E-state index in [4.69, 9.17) is 4.74 Å². The second-order valence-electron chi connectivity index (χ2n) is 6.69. The van der Waals surface area contributed by atoms with E-state index in [-0.39, 0.29) is 11.5 Å². The zero-order valence-corrected chi connectivity index (χ0v) is 16.1. The Labute approximate surface area is 167 Å². The third-order valence-corrected chi connectivity index (χ3v) is 4.73. The first-order chi connectivity index (χ1) is 14.1. The highest BCUT2D eigenvalue weighted by Crippen LogP contribution is 2.21. The summed E-state index contributed by atoms with van der Waals surface area (Å²) >= 11 is 0. The molecule has 7 heteroatoms. The van der Waals surface area contributed by atoms with E-state index in [2.05, 4.69) is 10.4 Å². The van der Waals surface area contributed by atoms with Gasteiger partial charge in [0.2, 0.25) is 0 Å². The number of carbonyl (C=O) groups excluding carboxylic acids is 1. The summed E-state index contributed by atoms with van der Waals surface area (Å²) in [6.45, 7) is 0.293. The number of rotatable bonds is 5. The first-order valence-corrected chi connectivity index (χ1v) is 9.11. The van der Waals surface area contributed by atoms with Crippen molar-refractivity contribution in [3.8, 4) is 5.75 Å². The van der Waals surface area contributed by atoms with Crippen molar-refractivity contribution < 1.29 is 9.53 Å².